The van der Waals surface area contributed by atoms with Crippen LogP contribution in [0.2, 0.25) is 5.02 Å². The fourth-order valence-electron chi connectivity index (χ4n) is 4.39. The Morgan fingerprint density at radius 1 is 1.00 bits per heavy atom. The molecular weight excluding hydrogens is 420 g/mol. The van der Waals surface area contributed by atoms with Crippen LogP contribution in [-0.4, -0.2) is 60.1 Å². The molecule has 2 N–H and O–H groups in total. The number of rotatable bonds is 4. The van der Waals surface area contributed by atoms with Crippen molar-refractivity contribution in [1.82, 2.24) is 19.9 Å². The number of pyridine rings is 2. The molecule has 0 amide bonds. The van der Waals surface area contributed by atoms with E-state index in [1.54, 1.807) is 6.20 Å². The average molecular weight is 447 g/mol. The third-order valence-corrected chi connectivity index (χ3v) is 6.62. The van der Waals surface area contributed by atoms with Crippen molar-refractivity contribution in [3.63, 3.8) is 0 Å². The Morgan fingerprint density at radius 2 is 1.78 bits per heavy atom. The molecule has 0 saturated carbocycles. The number of benzene rings is 1. The molecule has 0 spiro atoms. The number of likely N-dealkylation sites (N-methyl/N-ethyl adjacent to an activating group) is 1. The van der Waals surface area contributed by atoms with Crippen LogP contribution in [0.1, 0.15) is 5.56 Å². The Morgan fingerprint density at radius 3 is 2.50 bits per heavy atom. The van der Waals surface area contributed by atoms with E-state index >= 15 is 0 Å². The summed E-state index contributed by atoms with van der Waals surface area (Å²) in [5.74, 6) is 1.02. The molecule has 4 heterocycles. The van der Waals surface area contributed by atoms with Crippen LogP contribution in [0.5, 0.6) is 0 Å². The summed E-state index contributed by atoms with van der Waals surface area (Å²) in [6.45, 7) is 6.20. The molecule has 0 bridgehead atoms. The molecule has 1 aliphatic rings. The lowest BCUT2D eigenvalue weighted by atomic mass is 9.98. The number of H-pyrrole nitrogens is 1. The van der Waals surface area contributed by atoms with Crippen LogP contribution in [0, 0.1) is 6.92 Å². The summed E-state index contributed by atoms with van der Waals surface area (Å²) in [6, 6.07) is 12.5. The largest absolute Gasteiger partial charge is 0.388 e. The fourth-order valence-corrected chi connectivity index (χ4v) is 4.63. The second-order valence-corrected chi connectivity index (χ2v) is 8.77. The van der Waals surface area contributed by atoms with Gasteiger partial charge in [-0.15, -0.1) is 0 Å². The number of nitrogens with one attached hydrogen (secondary N) is 2. The molecule has 1 aliphatic heterocycles. The van der Waals surface area contributed by atoms with E-state index in [0.29, 0.717) is 5.02 Å². The highest BCUT2D eigenvalue weighted by atomic mass is 35.5. The Bertz CT molecular complexity index is 1260. The number of anilines is 2. The number of hydrogen-bond donors (Lipinski definition) is 2. The van der Waals surface area contributed by atoms with Crippen LogP contribution in [0.3, 0.4) is 0 Å². The number of aromatic nitrogens is 3. The molecule has 0 unspecified atom stereocenters. The van der Waals surface area contributed by atoms with Crippen LogP contribution in [0.4, 0.5) is 11.5 Å². The first-order valence-corrected chi connectivity index (χ1v) is 11.3. The fraction of sp³-hybridized carbons (Fsp3) is 0.280. The zero-order valence-corrected chi connectivity index (χ0v) is 19.4. The van der Waals surface area contributed by atoms with Gasteiger partial charge < -0.3 is 20.1 Å². The zero-order chi connectivity index (χ0) is 22.2. The Balaban J connectivity index is 1.62. The van der Waals surface area contributed by atoms with Gasteiger partial charge in [-0.2, -0.15) is 0 Å². The number of piperazine rings is 1. The molecule has 1 aromatic carbocycles. The quantitative estimate of drug-likeness (QED) is 0.459. The molecule has 5 rings (SSSR count). The van der Waals surface area contributed by atoms with Crippen LogP contribution >= 0.6 is 11.6 Å². The van der Waals surface area contributed by atoms with Gasteiger partial charge >= 0.3 is 0 Å². The van der Waals surface area contributed by atoms with E-state index in [4.69, 9.17) is 16.6 Å². The number of hydrogen-bond acceptors (Lipinski definition) is 5. The smallest absolute Gasteiger partial charge is 0.139 e. The standard InChI is InChI=1S/C25H27ClN6/c1-16-4-5-17(14-20(16)27-2)22-23-19(26)8-9-28-25(23)30-24(22)18-6-7-21(29-15-18)32-12-10-31(3)11-13-32/h4-9,14-15,27H,10-13H2,1-3H3,(H,28,30). The number of aromatic amines is 1. The number of halogens is 1. The molecular formula is C25H27ClN6. The van der Waals surface area contributed by atoms with Crippen molar-refractivity contribution in [2.75, 3.05) is 50.5 Å². The molecule has 1 saturated heterocycles. The number of aryl methyl sites for hydroxylation is 1. The van der Waals surface area contributed by atoms with Crippen molar-refractivity contribution >= 4 is 34.1 Å². The highest BCUT2D eigenvalue weighted by molar-refractivity contribution is 6.36. The molecule has 0 atom stereocenters. The van der Waals surface area contributed by atoms with Crippen molar-refractivity contribution < 1.29 is 0 Å². The number of nitrogens with zero attached hydrogens (tertiary/aromatic N) is 4. The monoisotopic (exact) mass is 446 g/mol. The minimum atomic E-state index is 0.682. The summed E-state index contributed by atoms with van der Waals surface area (Å²) in [7, 11) is 4.10. The first-order valence-electron chi connectivity index (χ1n) is 10.9. The summed E-state index contributed by atoms with van der Waals surface area (Å²) in [6.07, 6.45) is 3.68. The van der Waals surface area contributed by atoms with Gasteiger partial charge in [-0.25, -0.2) is 9.97 Å². The maximum atomic E-state index is 6.65. The van der Waals surface area contributed by atoms with Gasteiger partial charge in [0.1, 0.15) is 11.5 Å². The molecule has 0 radical (unpaired) electrons. The molecule has 6 nitrogen and oxygen atoms in total. The maximum Gasteiger partial charge on any atom is 0.139 e. The summed E-state index contributed by atoms with van der Waals surface area (Å²) < 4.78 is 0. The van der Waals surface area contributed by atoms with Gasteiger partial charge in [-0.3, -0.25) is 0 Å². The Labute approximate surface area is 193 Å². The molecule has 7 heteroatoms. The van der Waals surface area contributed by atoms with Gasteiger partial charge in [0.15, 0.2) is 0 Å². The van der Waals surface area contributed by atoms with Gasteiger partial charge in [0.05, 0.1) is 10.7 Å². The van der Waals surface area contributed by atoms with Gasteiger partial charge in [0, 0.05) is 67.8 Å². The topological polar surface area (TPSA) is 60.1 Å². The normalized spacial score (nSPS) is 14.8. The summed E-state index contributed by atoms with van der Waals surface area (Å²) >= 11 is 6.65. The third kappa shape index (κ3) is 3.70. The van der Waals surface area contributed by atoms with Gasteiger partial charge in [0.25, 0.3) is 0 Å². The highest BCUT2D eigenvalue weighted by Gasteiger charge is 2.20. The lowest BCUT2D eigenvalue weighted by Crippen LogP contribution is -2.44. The van der Waals surface area contributed by atoms with Gasteiger partial charge in [0.2, 0.25) is 0 Å². The van der Waals surface area contributed by atoms with Crippen molar-refractivity contribution in [3.05, 3.63) is 59.4 Å². The first-order chi connectivity index (χ1) is 15.5. The zero-order valence-electron chi connectivity index (χ0n) is 18.6. The minimum absolute atomic E-state index is 0.682. The molecule has 0 aliphatic carbocycles. The Hall–Kier alpha value is -3.09. The van der Waals surface area contributed by atoms with Crippen molar-refractivity contribution in [1.29, 1.82) is 0 Å². The summed E-state index contributed by atoms with van der Waals surface area (Å²) in [5, 5.41) is 4.90. The van der Waals surface area contributed by atoms with Crippen LogP contribution in [-0.2, 0) is 0 Å². The summed E-state index contributed by atoms with van der Waals surface area (Å²) in [4.78, 5) is 17.5. The van der Waals surface area contributed by atoms with Gasteiger partial charge in [-0.05, 0) is 49.4 Å². The van der Waals surface area contributed by atoms with Crippen molar-refractivity contribution in [2.24, 2.45) is 0 Å². The molecule has 1 fully saturated rings. The van der Waals surface area contributed by atoms with Crippen molar-refractivity contribution in [2.45, 2.75) is 6.92 Å². The van der Waals surface area contributed by atoms with Crippen LogP contribution in [0.15, 0.2) is 48.8 Å². The SMILES string of the molecule is CNc1cc(-c2c(-c3ccc(N4CCN(C)CC4)nc3)[nH]c3nccc(Cl)c23)ccc1C. The van der Waals surface area contributed by atoms with E-state index in [0.717, 1.165) is 71.1 Å². The molecule has 164 valence electrons. The second-order valence-electron chi connectivity index (χ2n) is 8.37. The van der Waals surface area contributed by atoms with Gasteiger partial charge in [-0.1, -0.05) is 23.7 Å². The lowest BCUT2D eigenvalue weighted by molar-refractivity contribution is 0.312. The second kappa shape index (κ2) is 8.45. The maximum absolute atomic E-state index is 6.65. The van der Waals surface area contributed by atoms with E-state index in [1.807, 2.05) is 19.3 Å². The average Bonchev–Trinajstić information content (AvgIpc) is 3.21. The third-order valence-electron chi connectivity index (χ3n) is 6.30. The minimum Gasteiger partial charge on any atom is -0.388 e. The molecule has 3 aromatic heterocycles. The summed E-state index contributed by atoms with van der Waals surface area (Å²) in [5.41, 5.74) is 7.18. The first kappa shape index (κ1) is 20.8. The predicted molar refractivity (Wildman–Crippen MR) is 134 cm³/mol. The predicted octanol–water partition coefficient (Wildman–Crippen LogP) is 5.05. The molecule has 32 heavy (non-hydrogen) atoms. The lowest BCUT2D eigenvalue weighted by Gasteiger charge is -2.33. The van der Waals surface area contributed by atoms with E-state index in [9.17, 15) is 0 Å². The van der Waals surface area contributed by atoms with E-state index < -0.39 is 0 Å². The van der Waals surface area contributed by atoms with E-state index in [-0.39, 0.29) is 0 Å². The molecule has 4 aromatic rings. The highest BCUT2D eigenvalue weighted by Crippen LogP contribution is 2.41. The van der Waals surface area contributed by atoms with Crippen LogP contribution in [0.25, 0.3) is 33.4 Å². The van der Waals surface area contributed by atoms with E-state index in [1.165, 1.54) is 5.56 Å². The number of fused-ring (bicyclic) bond motifs is 1. The van der Waals surface area contributed by atoms with Crippen molar-refractivity contribution in [3.8, 4) is 22.4 Å². The Kier molecular flexibility index (Phi) is 5.49. The van der Waals surface area contributed by atoms with Crippen LogP contribution < -0.4 is 10.2 Å². The van der Waals surface area contributed by atoms with E-state index in [2.05, 4.69) is 69.4 Å².